The lowest BCUT2D eigenvalue weighted by Crippen LogP contribution is -2.24. The molecule has 2 unspecified atom stereocenters. The van der Waals surface area contributed by atoms with Gasteiger partial charge in [0.15, 0.2) is 0 Å². The van der Waals surface area contributed by atoms with Gasteiger partial charge in [-0.05, 0) is 70.2 Å². The van der Waals surface area contributed by atoms with Crippen molar-refractivity contribution in [3.05, 3.63) is 67.7 Å². The van der Waals surface area contributed by atoms with Crippen molar-refractivity contribution in [2.45, 2.75) is 25.6 Å². The molecule has 120 valence electrons. The summed E-state index contributed by atoms with van der Waals surface area (Å²) in [5, 5.41) is 10.8. The molecule has 2 aromatic carbocycles. The second-order valence-electron chi connectivity index (χ2n) is 5.57. The minimum Gasteiger partial charge on any atom is -0.496 e. The quantitative estimate of drug-likeness (QED) is 0.586. The summed E-state index contributed by atoms with van der Waals surface area (Å²) in [4.78, 5) is 10.4. The maximum absolute atomic E-state index is 10.8. The van der Waals surface area contributed by atoms with Gasteiger partial charge in [-0.2, -0.15) is 0 Å². The van der Waals surface area contributed by atoms with Crippen LogP contribution in [0.5, 0.6) is 5.75 Å². The lowest BCUT2D eigenvalue weighted by molar-refractivity contribution is -0.384. The summed E-state index contributed by atoms with van der Waals surface area (Å²) in [7, 11) is 1.62. The molecule has 3 rings (SSSR count). The van der Waals surface area contributed by atoms with E-state index in [1.54, 1.807) is 19.2 Å². The standard InChI is InChI=1S/C17H16BrNO4/c1-10-7-12-8-15(18)16(22-2)9-14(12)17(23-10)11-3-5-13(6-4-11)19(20)21/h3-6,8-10,17H,7H2,1-2H3. The summed E-state index contributed by atoms with van der Waals surface area (Å²) < 4.78 is 12.4. The highest BCUT2D eigenvalue weighted by molar-refractivity contribution is 9.10. The molecular weight excluding hydrogens is 362 g/mol. The molecule has 2 aromatic rings. The fraction of sp³-hybridized carbons (Fsp3) is 0.294. The van der Waals surface area contributed by atoms with Crippen LogP contribution >= 0.6 is 15.9 Å². The van der Waals surface area contributed by atoms with Gasteiger partial charge in [-0.1, -0.05) is 0 Å². The van der Waals surface area contributed by atoms with E-state index in [-0.39, 0.29) is 17.9 Å². The highest BCUT2D eigenvalue weighted by atomic mass is 79.9. The predicted octanol–water partition coefficient (Wildman–Crippen LogP) is 4.42. The molecule has 6 heteroatoms. The van der Waals surface area contributed by atoms with Gasteiger partial charge < -0.3 is 9.47 Å². The number of nitro benzene ring substituents is 1. The molecule has 5 nitrogen and oxygen atoms in total. The molecule has 0 aliphatic carbocycles. The Morgan fingerprint density at radius 2 is 2.00 bits per heavy atom. The maximum atomic E-state index is 10.8. The fourth-order valence-corrected chi connectivity index (χ4v) is 3.43. The zero-order valence-electron chi connectivity index (χ0n) is 12.8. The number of nitrogens with zero attached hydrogens (tertiary/aromatic N) is 1. The van der Waals surface area contributed by atoms with Gasteiger partial charge in [-0.25, -0.2) is 0 Å². The fourth-order valence-electron chi connectivity index (χ4n) is 2.88. The lowest BCUT2D eigenvalue weighted by Gasteiger charge is -2.31. The molecular formula is C17H16BrNO4. The Morgan fingerprint density at radius 1 is 1.30 bits per heavy atom. The van der Waals surface area contributed by atoms with Crippen LogP contribution in [-0.2, 0) is 11.2 Å². The number of non-ortho nitro benzene ring substituents is 1. The Bertz CT molecular complexity index is 745. The van der Waals surface area contributed by atoms with Gasteiger partial charge in [0.05, 0.1) is 22.6 Å². The third-order valence-electron chi connectivity index (χ3n) is 3.98. The molecule has 1 aliphatic heterocycles. The van der Waals surface area contributed by atoms with Crippen molar-refractivity contribution < 1.29 is 14.4 Å². The van der Waals surface area contributed by atoms with Crippen LogP contribution < -0.4 is 4.74 Å². The summed E-state index contributed by atoms with van der Waals surface area (Å²) in [5.74, 6) is 0.744. The number of nitro groups is 1. The molecule has 0 saturated heterocycles. The summed E-state index contributed by atoms with van der Waals surface area (Å²) in [5.41, 5.74) is 3.20. The molecule has 0 spiro atoms. The number of fused-ring (bicyclic) bond motifs is 1. The van der Waals surface area contributed by atoms with Crippen LogP contribution in [0.4, 0.5) is 5.69 Å². The average Bonchev–Trinajstić information content (AvgIpc) is 2.53. The molecule has 1 heterocycles. The topological polar surface area (TPSA) is 61.6 Å². The van der Waals surface area contributed by atoms with E-state index < -0.39 is 4.92 Å². The van der Waals surface area contributed by atoms with E-state index in [0.717, 1.165) is 27.8 Å². The zero-order valence-corrected chi connectivity index (χ0v) is 14.4. The molecule has 23 heavy (non-hydrogen) atoms. The monoisotopic (exact) mass is 377 g/mol. The van der Waals surface area contributed by atoms with Crippen LogP contribution in [0.15, 0.2) is 40.9 Å². The first-order valence-electron chi connectivity index (χ1n) is 7.25. The Hall–Kier alpha value is -1.92. The molecule has 0 amide bonds. The van der Waals surface area contributed by atoms with Gasteiger partial charge in [0.1, 0.15) is 11.9 Å². The van der Waals surface area contributed by atoms with E-state index in [0.29, 0.717) is 0 Å². The van der Waals surface area contributed by atoms with Crippen molar-refractivity contribution in [3.63, 3.8) is 0 Å². The van der Waals surface area contributed by atoms with Crippen molar-refractivity contribution in [2.24, 2.45) is 0 Å². The number of hydrogen-bond donors (Lipinski definition) is 0. The lowest BCUT2D eigenvalue weighted by atomic mass is 9.90. The zero-order chi connectivity index (χ0) is 16.6. The number of methoxy groups -OCH3 is 1. The van der Waals surface area contributed by atoms with Crippen LogP contribution in [-0.4, -0.2) is 18.1 Å². The van der Waals surface area contributed by atoms with Crippen molar-refractivity contribution >= 4 is 21.6 Å². The van der Waals surface area contributed by atoms with Gasteiger partial charge >= 0.3 is 0 Å². The van der Waals surface area contributed by atoms with Crippen LogP contribution in [0.2, 0.25) is 0 Å². The summed E-state index contributed by atoms with van der Waals surface area (Å²) in [6.07, 6.45) is 0.640. The van der Waals surface area contributed by atoms with Crippen LogP contribution in [0.3, 0.4) is 0 Å². The van der Waals surface area contributed by atoms with E-state index in [4.69, 9.17) is 9.47 Å². The van der Waals surface area contributed by atoms with Crippen molar-refractivity contribution in [3.8, 4) is 5.75 Å². The van der Waals surface area contributed by atoms with Crippen molar-refractivity contribution in [2.75, 3.05) is 7.11 Å². The van der Waals surface area contributed by atoms with E-state index in [1.807, 2.05) is 13.0 Å². The molecule has 0 N–H and O–H groups in total. The first-order valence-corrected chi connectivity index (χ1v) is 8.05. The number of halogens is 1. The number of benzene rings is 2. The van der Waals surface area contributed by atoms with Crippen LogP contribution in [0.25, 0.3) is 0 Å². The summed E-state index contributed by atoms with van der Waals surface area (Å²) >= 11 is 3.52. The second kappa shape index (κ2) is 6.29. The van der Waals surface area contributed by atoms with E-state index in [1.165, 1.54) is 17.7 Å². The minimum absolute atomic E-state index is 0.0722. The highest BCUT2D eigenvalue weighted by Crippen LogP contribution is 2.40. The largest absolute Gasteiger partial charge is 0.496 e. The molecule has 2 atom stereocenters. The van der Waals surface area contributed by atoms with Crippen LogP contribution in [0.1, 0.15) is 29.7 Å². The van der Waals surface area contributed by atoms with Gasteiger partial charge in [0, 0.05) is 12.1 Å². The minimum atomic E-state index is -0.401. The van der Waals surface area contributed by atoms with Gasteiger partial charge in [0.2, 0.25) is 0 Å². The van der Waals surface area contributed by atoms with Crippen molar-refractivity contribution in [1.29, 1.82) is 0 Å². The number of hydrogen-bond acceptors (Lipinski definition) is 4. The molecule has 1 aliphatic rings. The van der Waals surface area contributed by atoms with E-state index in [9.17, 15) is 10.1 Å². The van der Waals surface area contributed by atoms with E-state index in [2.05, 4.69) is 22.0 Å². The average molecular weight is 378 g/mol. The smallest absolute Gasteiger partial charge is 0.269 e. The Labute approximate surface area is 142 Å². The second-order valence-corrected chi connectivity index (χ2v) is 6.42. The number of rotatable bonds is 3. The number of ether oxygens (including phenoxy) is 2. The van der Waals surface area contributed by atoms with Crippen molar-refractivity contribution in [1.82, 2.24) is 0 Å². The highest BCUT2D eigenvalue weighted by Gasteiger charge is 2.28. The maximum Gasteiger partial charge on any atom is 0.269 e. The van der Waals surface area contributed by atoms with E-state index >= 15 is 0 Å². The molecule has 0 fully saturated rings. The van der Waals surface area contributed by atoms with Crippen LogP contribution in [0, 0.1) is 10.1 Å². The molecule has 0 aromatic heterocycles. The van der Waals surface area contributed by atoms with Gasteiger partial charge in [-0.15, -0.1) is 0 Å². The SMILES string of the molecule is COc1cc2c(cc1Br)CC(C)OC2c1ccc([N+](=O)[O-])cc1. The predicted molar refractivity (Wildman–Crippen MR) is 89.9 cm³/mol. The summed E-state index contributed by atoms with van der Waals surface area (Å²) in [6, 6.07) is 10.5. The first kappa shape index (κ1) is 16.0. The molecule has 0 saturated carbocycles. The Morgan fingerprint density at radius 3 is 2.61 bits per heavy atom. The molecule has 0 radical (unpaired) electrons. The molecule has 0 bridgehead atoms. The van der Waals surface area contributed by atoms with Gasteiger partial charge in [-0.3, -0.25) is 10.1 Å². The normalized spacial score (nSPS) is 20.0. The van der Waals surface area contributed by atoms with Gasteiger partial charge in [0.25, 0.3) is 5.69 Å². The third-order valence-corrected chi connectivity index (χ3v) is 4.60. The first-order chi connectivity index (χ1) is 11.0. The summed E-state index contributed by atoms with van der Waals surface area (Å²) in [6.45, 7) is 2.03. The third kappa shape index (κ3) is 3.09. The Kier molecular flexibility index (Phi) is 4.37. The Balaban J connectivity index is 2.05.